The van der Waals surface area contributed by atoms with E-state index < -0.39 is 0 Å². The molecule has 2 nitrogen and oxygen atoms in total. The number of rotatable bonds is 2. The number of nitrogens with zero attached hydrogens (tertiary/aromatic N) is 1. The van der Waals surface area contributed by atoms with Gasteiger partial charge in [0.05, 0.1) is 10.7 Å². The molecule has 0 spiro atoms. The van der Waals surface area contributed by atoms with E-state index in [-0.39, 0.29) is 0 Å². The number of hydrogen-bond acceptors (Lipinski definition) is 2. The largest absolute Gasteiger partial charge is 0.365 e. The van der Waals surface area contributed by atoms with E-state index in [9.17, 15) is 0 Å². The van der Waals surface area contributed by atoms with Crippen molar-refractivity contribution in [3.05, 3.63) is 28.2 Å². The summed E-state index contributed by atoms with van der Waals surface area (Å²) in [7, 11) is 0. The number of hydrogen-bond donors (Lipinski definition) is 1. The van der Waals surface area contributed by atoms with E-state index in [1.165, 1.54) is 12.8 Å². The van der Waals surface area contributed by atoms with Gasteiger partial charge in [0.1, 0.15) is 0 Å². The summed E-state index contributed by atoms with van der Waals surface area (Å²) in [6, 6.07) is 6.78. The highest BCUT2D eigenvalue weighted by Gasteiger charge is 2.36. The summed E-state index contributed by atoms with van der Waals surface area (Å²) in [6.45, 7) is 4.28. The number of benzene rings is 1. The lowest BCUT2D eigenvalue weighted by atomic mass is 10.1. The lowest BCUT2D eigenvalue weighted by Crippen LogP contribution is -2.56. The third-order valence-electron chi connectivity index (χ3n) is 4.01. The summed E-state index contributed by atoms with van der Waals surface area (Å²) >= 11 is 12.4. The average molecular weight is 285 g/mol. The number of halogens is 2. The van der Waals surface area contributed by atoms with Gasteiger partial charge in [0.15, 0.2) is 0 Å². The van der Waals surface area contributed by atoms with Crippen molar-refractivity contribution >= 4 is 28.9 Å². The normalized spacial score (nSPS) is 28.5. The molecule has 2 fully saturated rings. The lowest BCUT2D eigenvalue weighted by molar-refractivity contribution is 0.376. The number of anilines is 1. The van der Waals surface area contributed by atoms with Gasteiger partial charge in [-0.1, -0.05) is 23.2 Å². The van der Waals surface area contributed by atoms with Crippen molar-refractivity contribution in [3.8, 4) is 0 Å². The zero-order valence-corrected chi connectivity index (χ0v) is 12.0. The van der Waals surface area contributed by atoms with Crippen molar-refractivity contribution in [1.29, 1.82) is 0 Å². The Bertz CT molecular complexity index is 445. The molecule has 1 aromatic carbocycles. The molecule has 1 aliphatic heterocycles. The van der Waals surface area contributed by atoms with Crippen LogP contribution in [0.5, 0.6) is 0 Å². The van der Waals surface area contributed by atoms with Gasteiger partial charge in [0.2, 0.25) is 0 Å². The summed E-state index contributed by atoms with van der Waals surface area (Å²) in [4.78, 5) is 2.40. The predicted octanol–water partition coefficient (Wildman–Crippen LogP) is 3.57. The van der Waals surface area contributed by atoms with Gasteiger partial charge < -0.3 is 10.2 Å². The van der Waals surface area contributed by atoms with E-state index in [4.69, 9.17) is 23.2 Å². The van der Waals surface area contributed by atoms with Crippen molar-refractivity contribution in [1.82, 2.24) is 5.32 Å². The molecule has 0 bridgehead atoms. The smallest absolute Gasteiger partial charge is 0.0640 e. The Labute approximate surface area is 118 Å². The quantitative estimate of drug-likeness (QED) is 0.893. The first kappa shape index (κ1) is 12.6. The first-order chi connectivity index (χ1) is 8.65. The maximum Gasteiger partial charge on any atom is 0.0640 e. The molecule has 98 valence electrons. The Morgan fingerprint density at radius 2 is 2.06 bits per heavy atom. The van der Waals surface area contributed by atoms with Crippen molar-refractivity contribution in [3.63, 3.8) is 0 Å². The second-order valence-electron chi connectivity index (χ2n) is 5.45. The van der Waals surface area contributed by atoms with Gasteiger partial charge in [-0.15, -0.1) is 0 Å². The molecule has 0 amide bonds. The van der Waals surface area contributed by atoms with Crippen LogP contribution in [0.15, 0.2) is 18.2 Å². The molecule has 0 aromatic heterocycles. The molecule has 1 saturated carbocycles. The van der Waals surface area contributed by atoms with Crippen molar-refractivity contribution < 1.29 is 0 Å². The predicted molar refractivity (Wildman–Crippen MR) is 77.8 cm³/mol. The molecule has 4 heteroatoms. The minimum atomic E-state index is 0.455. The third kappa shape index (κ3) is 2.47. The van der Waals surface area contributed by atoms with Gasteiger partial charge in [-0.3, -0.25) is 0 Å². The molecule has 0 radical (unpaired) electrons. The highest BCUT2D eigenvalue weighted by molar-refractivity contribution is 6.35. The van der Waals surface area contributed by atoms with E-state index in [2.05, 4.69) is 17.1 Å². The van der Waals surface area contributed by atoms with Crippen molar-refractivity contribution in [2.75, 3.05) is 18.0 Å². The zero-order chi connectivity index (χ0) is 12.7. The van der Waals surface area contributed by atoms with Crippen LogP contribution in [0.25, 0.3) is 0 Å². The van der Waals surface area contributed by atoms with Crippen molar-refractivity contribution in [2.45, 2.75) is 31.8 Å². The first-order valence-electron chi connectivity index (χ1n) is 6.60. The fourth-order valence-corrected chi connectivity index (χ4v) is 3.14. The molecule has 2 aliphatic rings. The van der Waals surface area contributed by atoms with Crippen LogP contribution in [0.2, 0.25) is 10.0 Å². The molecule has 2 unspecified atom stereocenters. The van der Waals surface area contributed by atoms with E-state index in [1.807, 2.05) is 18.2 Å². The highest BCUT2D eigenvalue weighted by atomic mass is 35.5. The monoisotopic (exact) mass is 284 g/mol. The summed E-state index contributed by atoms with van der Waals surface area (Å²) in [5, 5.41) is 5.19. The van der Waals surface area contributed by atoms with Crippen LogP contribution < -0.4 is 10.2 Å². The molecule has 1 aliphatic carbocycles. The maximum atomic E-state index is 6.32. The lowest BCUT2D eigenvalue weighted by Gasteiger charge is -2.41. The maximum absolute atomic E-state index is 6.32. The SMILES string of the molecule is CC1CNC(C2CC2)CN1c1cc(Cl)ccc1Cl. The Hall–Kier alpha value is -0.440. The summed E-state index contributed by atoms with van der Waals surface area (Å²) in [5.74, 6) is 0.859. The van der Waals surface area contributed by atoms with Crippen LogP contribution in [0, 0.1) is 5.92 Å². The second-order valence-corrected chi connectivity index (χ2v) is 6.29. The van der Waals surface area contributed by atoms with Crippen LogP contribution in [0.1, 0.15) is 19.8 Å². The van der Waals surface area contributed by atoms with Crippen LogP contribution in [0.3, 0.4) is 0 Å². The second kappa shape index (κ2) is 4.92. The minimum Gasteiger partial charge on any atom is -0.365 e. The minimum absolute atomic E-state index is 0.455. The summed E-state index contributed by atoms with van der Waals surface area (Å²) in [6.07, 6.45) is 2.73. The van der Waals surface area contributed by atoms with Gasteiger partial charge in [-0.2, -0.15) is 0 Å². The number of nitrogens with one attached hydrogen (secondary N) is 1. The van der Waals surface area contributed by atoms with Crippen LogP contribution in [-0.2, 0) is 0 Å². The van der Waals surface area contributed by atoms with Crippen molar-refractivity contribution in [2.24, 2.45) is 5.92 Å². The molecule has 2 atom stereocenters. The topological polar surface area (TPSA) is 15.3 Å². The van der Waals surface area contributed by atoms with Crippen LogP contribution >= 0.6 is 23.2 Å². The Kier molecular flexibility index (Phi) is 3.44. The molecule has 1 aromatic rings. The van der Waals surface area contributed by atoms with Gasteiger partial charge in [-0.05, 0) is 43.9 Å². The highest BCUT2D eigenvalue weighted by Crippen LogP contribution is 2.37. The van der Waals surface area contributed by atoms with Crippen LogP contribution in [0.4, 0.5) is 5.69 Å². The Morgan fingerprint density at radius 3 is 2.78 bits per heavy atom. The standard InChI is InChI=1S/C14H18Cl2N2/c1-9-7-17-13(10-2-3-10)8-18(9)14-6-11(15)4-5-12(14)16/h4-6,9-10,13,17H,2-3,7-8H2,1H3. The Morgan fingerprint density at radius 1 is 1.28 bits per heavy atom. The summed E-state index contributed by atoms with van der Waals surface area (Å²) in [5.41, 5.74) is 1.07. The fraction of sp³-hybridized carbons (Fsp3) is 0.571. The Balaban J connectivity index is 1.85. The van der Waals surface area contributed by atoms with E-state index in [0.29, 0.717) is 12.1 Å². The average Bonchev–Trinajstić information content (AvgIpc) is 3.17. The van der Waals surface area contributed by atoms with E-state index >= 15 is 0 Å². The molecular weight excluding hydrogens is 267 g/mol. The molecule has 1 N–H and O–H groups in total. The van der Waals surface area contributed by atoms with Crippen LogP contribution in [-0.4, -0.2) is 25.2 Å². The molecule has 1 heterocycles. The van der Waals surface area contributed by atoms with Gasteiger partial charge >= 0.3 is 0 Å². The van der Waals surface area contributed by atoms with Gasteiger partial charge in [-0.25, -0.2) is 0 Å². The van der Waals surface area contributed by atoms with Gasteiger partial charge in [0, 0.05) is 30.2 Å². The fourth-order valence-electron chi connectivity index (χ4n) is 2.74. The molecule has 18 heavy (non-hydrogen) atoms. The molecular formula is C14H18Cl2N2. The summed E-state index contributed by atoms with van der Waals surface area (Å²) < 4.78 is 0. The molecule has 1 saturated heterocycles. The van der Waals surface area contributed by atoms with E-state index in [0.717, 1.165) is 34.7 Å². The first-order valence-corrected chi connectivity index (χ1v) is 7.36. The third-order valence-corrected chi connectivity index (χ3v) is 4.56. The van der Waals surface area contributed by atoms with E-state index in [1.54, 1.807) is 0 Å². The number of piperazine rings is 1. The van der Waals surface area contributed by atoms with Gasteiger partial charge in [0.25, 0.3) is 0 Å². The molecule has 3 rings (SSSR count). The zero-order valence-electron chi connectivity index (χ0n) is 10.5.